The molecule has 1 aromatic carbocycles. The van der Waals surface area contributed by atoms with Gasteiger partial charge in [0, 0.05) is 19.2 Å². The Labute approximate surface area is 146 Å². The number of nitrogens with zero attached hydrogens (tertiary/aromatic N) is 3. The number of aromatic nitrogens is 3. The van der Waals surface area contributed by atoms with Gasteiger partial charge in [-0.3, -0.25) is 0 Å². The summed E-state index contributed by atoms with van der Waals surface area (Å²) in [5.74, 6) is 2.97. The summed E-state index contributed by atoms with van der Waals surface area (Å²) in [4.78, 5) is 0. The highest BCUT2D eigenvalue weighted by Gasteiger charge is 2.17. The molecule has 7 heteroatoms. The number of rotatable bonds is 7. The minimum atomic E-state index is -0.253. The predicted molar refractivity (Wildman–Crippen MR) is 92.9 cm³/mol. The number of benzene rings is 1. The summed E-state index contributed by atoms with van der Waals surface area (Å²) >= 11 is 1.63. The van der Waals surface area contributed by atoms with Crippen molar-refractivity contribution in [2.75, 3.05) is 25.4 Å². The van der Waals surface area contributed by atoms with Gasteiger partial charge in [0.2, 0.25) is 0 Å². The van der Waals surface area contributed by atoms with Crippen LogP contribution < -0.4 is 10.1 Å². The molecule has 2 heterocycles. The van der Waals surface area contributed by atoms with Gasteiger partial charge in [0.1, 0.15) is 17.4 Å². The molecule has 130 valence electrons. The minimum Gasteiger partial charge on any atom is -0.493 e. The van der Waals surface area contributed by atoms with Gasteiger partial charge in [-0.1, -0.05) is 11.8 Å². The lowest BCUT2D eigenvalue weighted by Gasteiger charge is -2.21. The lowest BCUT2D eigenvalue weighted by Crippen LogP contribution is -2.29. The van der Waals surface area contributed by atoms with Crippen LogP contribution in [0.4, 0.5) is 4.39 Å². The van der Waals surface area contributed by atoms with E-state index in [2.05, 4.69) is 20.1 Å². The van der Waals surface area contributed by atoms with Gasteiger partial charge in [-0.15, -0.1) is 10.2 Å². The molecule has 1 aliphatic heterocycles. The third kappa shape index (κ3) is 4.70. The molecule has 24 heavy (non-hydrogen) atoms. The second-order valence-electron chi connectivity index (χ2n) is 6.01. The first-order valence-electron chi connectivity index (χ1n) is 8.32. The van der Waals surface area contributed by atoms with Crippen molar-refractivity contribution in [2.45, 2.75) is 24.4 Å². The second-order valence-corrected chi connectivity index (χ2v) is 7.07. The van der Waals surface area contributed by atoms with Crippen LogP contribution in [-0.2, 0) is 13.5 Å². The number of nitrogens with one attached hydrogen (secondary N) is 1. The van der Waals surface area contributed by atoms with Gasteiger partial charge in [-0.25, -0.2) is 4.39 Å². The summed E-state index contributed by atoms with van der Waals surface area (Å²) < 4.78 is 20.5. The van der Waals surface area contributed by atoms with E-state index >= 15 is 0 Å². The van der Waals surface area contributed by atoms with Crippen LogP contribution in [0, 0.1) is 11.7 Å². The molecular formula is C17H23FN4OS. The van der Waals surface area contributed by atoms with Crippen LogP contribution in [0.2, 0.25) is 0 Å². The Balaban J connectivity index is 1.44. The van der Waals surface area contributed by atoms with Gasteiger partial charge in [0.25, 0.3) is 0 Å². The largest absolute Gasteiger partial charge is 0.493 e. The van der Waals surface area contributed by atoms with E-state index in [9.17, 15) is 4.39 Å². The Bertz CT molecular complexity index is 641. The molecule has 0 saturated carbocycles. The minimum absolute atomic E-state index is 0.253. The fourth-order valence-electron chi connectivity index (χ4n) is 2.82. The number of hydrogen-bond donors (Lipinski definition) is 1. The third-order valence-corrected chi connectivity index (χ3v) is 5.24. The monoisotopic (exact) mass is 350 g/mol. The molecule has 1 aliphatic rings. The molecule has 0 unspecified atom stereocenters. The zero-order valence-electron chi connectivity index (χ0n) is 13.9. The number of halogens is 1. The number of piperidine rings is 1. The van der Waals surface area contributed by atoms with Crippen molar-refractivity contribution in [3.05, 3.63) is 35.9 Å². The lowest BCUT2D eigenvalue weighted by molar-refractivity contribution is 0.343. The summed E-state index contributed by atoms with van der Waals surface area (Å²) in [6.45, 7) is 2.75. The van der Waals surface area contributed by atoms with Gasteiger partial charge < -0.3 is 14.6 Å². The van der Waals surface area contributed by atoms with Crippen molar-refractivity contribution < 1.29 is 9.13 Å². The molecule has 1 N–H and O–H groups in total. The van der Waals surface area contributed by atoms with Crippen LogP contribution in [0.5, 0.6) is 5.75 Å². The normalized spacial score (nSPS) is 15.6. The molecule has 0 radical (unpaired) electrons. The maximum atomic E-state index is 12.8. The van der Waals surface area contributed by atoms with Crippen molar-refractivity contribution in [3.63, 3.8) is 0 Å². The molecule has 5 nitrogen and oxygen atoms in total. The molecule has 2 aromatic rings. The van der Waals surface area contributed by atoms with Crippen molar-refractivity contribution in [3.8, 4) is 5.75 Å². The summed E-state index contributed by atoms with van der Waals surface area (Å²) in [6, 6.07) is 6.08. The lowest BCUT2D eigenvalue weighted by atomic mass is 9.94. The summed E-state index contributed by atoms with van der Waals surface area (Å²) in [5.41, 5.74) is 0. The third-order valence-electron chi connectivity index (χ3n) is 4.25. The molecule has 0 amide bonds. The van der Waals surface area contributed by atoms with E-state index < -0.39 is 0 Å². The SMILES string of the molecule is Cn1c(CC2CCNCC2)nnc1SCCOc1ccc(F)cc1. The second kappa shape index (κ2) is 8.48. The number of hydrogen-bond acceptors (Lipinski definition) is 5. The van der Waals surface area contributed by atoms with Crippen LogP contribution in [0.15, 0.2) is 29.4 Å². The van der Waals surface area contributed by atoms with E-state index in [0.29, 0.717) is 18.3 Å². The Morgan fingerprint density at radius 2 is 2.00 bits per heavy atom. The van der Waals surface area contributed by atoms with Gasteiger partial charge in [0.05, 0.1) is 6.61 Å². The van der Waals surface area contributed by atoms with Crippen LogP contribution in [0.1, 0.15) is 18.7 Å². The van der Waals surface area contributed by atoms with Crippen LogP contribution in [-0.4, -0.2) is 40.2 Å². The highest BCUT2D eigenvalue weighted by Crippen LogP contribution is 2.21. The maximum Gasteiger partial charge on any atom is 0.191 e. The molecule has 1 fully saturated rings. The quantitative estimate of drug-likeness (QED) is 0.615. The highest BCUT2D eigenvalue weighted by molar-refractivity contribution is 7.99. The summed E-state index contributed by atoms with van der Waals surface area (Å²) in [7, 11) is 2.03. The average Bonchev–Trinajstić information content (AvgIpc) is 2.94. The first-order chi connectivity index (χ1) is 11.7. The molecule has 3 rings (SSSR count). The van der Waals surface area contributed by atoms with E-state index in [1.165, 1.54) is 25.0 Å². The van der Waals surface area contributed by atoms with E-state index in [1.54, 1.807) is 23.9 Å². The molecule has 1 aromatic heterocycles. The van der Waals surface area contributed by atoms with E-state index in [0.717, 1.165) is 36.2 Å². The summed E-state index contributed by atoms with van der Waals surface area (Å²) in [5, 5.41) is 12.9. The average molecular weight is 350 g/mol. The van der Waals surface area contributed by atoms with E-state index in [-0.39, 0.29) is 5.82 Å². The van der Waals surface area contributed by atoms with Crippen LogP contribution in [0.3, 0.4) is 0 Å². The smallest absolute Gasteiger partial charge is 0.191 e. The van der Waals surface area contributed by atoms with Crippen LogP contribution in [0.25, 0.3) is 0 Å². The van der Waals surface area contributed by atoms with Crippen molar-refractivity contribution in [1.82, 2.24) is 20.1 Å². The van der Waals surface area contributed by atoms with Crippen molar-refractivity contribution in [2.24, 2.45) is 13.0 Å². The van der Waals surface area contributed by atoms with Crippen molar-refractivity contribution in [1.29, 1.82) is 0 Å². The zero-order valence-corrected chi connectivity index (χ0v) is 14.7. The van der Waals surface area contributed by atoms with Gasteiger partial charge in [-0.05, 0) is 56.1 Å². The van der Waals surface area contributed by atoms with E-state index in [4.69, 9.17) is 4.74 Å². The molecular weight excluding hydrogens is 327 g/mol. The first-order valence-corrected chi connectivity index (χ1v) is 9.31. The van der Waals surface area contributed by atoms with Crippen molar-refractivity contribution >= 4 is 11.8 Å². The van der Waals surface area contributed by atoms with Gasteiger partial charge >= 0.3 is 0 Å². The van der Waals surface area contributed by atoms with Gasteiger partial charge in [-0.2, -0.15) is 0 Å². The Morgan fingerprint density at radius 3 is 2.75 bits per heavy atom. The Kier molecular flexibility index (Phi) is 6.09. The fraction of sp³-hybridized carbons (Fsp3) is 0.529. The molecule has 0 atom stereocenters. The Hall–Kier alpha value is -1.60. The zero-order chi connectivity index (χ0) is 16.8. The number of thioether (sulfide) groups is 1. The standard InChI is InChI=1S/C17H23FN4OS/c1-22-16(12-13-6-8-19-9-7-13)20-21-17(22)24-11-10-23-15-4-2-14(18)3-5-15/h2-5,13,19H,6-12H2,1H3. The molecule has 0 aliphatic carbocycles. The fourth-order valence-corrected chi connectivity index (χ4v) is 3.56. The topological polar surface area (TPSA) is 52.0 Å². The Morgan fingerprint density at radius 1 is 1.25 bits per heavy atom. The molecule has 0 spiro atoms. The molecule has 1 saturated heterocycles. The summed E-state index contributed by atoms with van der Waals surface area (Å²) in [6.07, 6.45) is 3.42. The number of ether oxygens (including phenoxy) is 1. The molecule has 0 bridgehead atoms. The highest BCUT2D eigenvalue weighted by atomic mass is 32.2. The first kappa shape index (κ1) is 17.2. The van der Waals surface area contributed by atoms with E-state index in [1.807, 2.05) is 7.05 Å². The van der Waals surface area contributed by atoms with Crippen LogP contribution >= 0.6 is 11.8 Å². The maximum absolute atomic E-state index is 12.8. The predicted octanol–water partition coefficient (Wildman–Crippen LogP) is 2.67. The van der Waals surface area contributed by atoms with Gasteiger partial charge in [0.15, 0.2) is 5.16 Å².